The van der Waals surface area contributed by atoms with Crippen LogP contribution in [0.4, 0.5) is 5.13 Å². The van der Waals surface area contributed by atoms with Gasteiger partial charge in [0.1, 0.15) is 5.75 Å². The number of anilines is 1. The lowest BCUT2D eigenvalue weighted by molar-refractivity contribution is -0.116. The van der Waals surface area contributed by atoms with Crippen molar-refractivity contribution in [2.75, 3.05) is 11.9 Å². The van der Waals surface area contributed by atoms with Gasteiger partial charge in [0.2, 0.25) is 5.91 Å². The van der Waals surface area contributed by atoms with Gasteiger partial charge in [0.15, 0.2) is 15.7 Å². The molecule has 0 bridgehead atoms. The number of carbonyl (C=O) groups excluding carboxylic acids is 1. The maximum absolute atomic E-state index is 12.5. The summed E-state index contributed by atoms with van der Waals surface area (Å²) in [6.45, 7) is 5.00. The van der Waals surface area contributed by atoms with Crippen molar-refractivity contribution in [1.29, 1.82) is 0 Å². The highest BCUT2D eigenvalue weighted by Crippen LogP contribution is 2.27. The van der Waals surface area contributed by atoms with Crippen molar-refractivity contribution in [3.05, 3.63) is 52.8 Å². The Bertz CT molecular complexity index is 1240. The predicted molar refractivity (Wildman–Crippen MR) is 122 cm³/mol. The number of fused-ring (bicyclic) bond motifs is 1. The summed E-state index contributed by atoms with van der Waals surface area (Å²) < 4.78 is 8.84. The lowest BCUT2D eigenvalue weighted by Gasteiger charge is -2.08. The van der Waals surface area contributed by atoms with Crippen LogP contribution in [0.5, 0.6) is 5.75 Å². The molecule has 4 aromatic rings. The molecular weight excluding hydrogens is 418 g/mol. The first kappa shape index (κ1) is 20.2. The SMILES string of the molecule is CCOc1ccc(-c2n[nH]c(=S)n2CCC(=O)Nc2nc3ccc(C)cc3s2)cc1. The third-order valence-electron chi connectivity index (χ3n) is 4.53. The van der Waals surface area contributed by atoms with Gasteiger partial charge in [-0.15, -0.1) is 0 Å². The molecule has 0 fully saturated rings. The Hall–Kier alpha value is -3.04. The number of aryl methyl sites for hydroxylation is 1. The Labute approximate surface area is 182 Å². The largest absolute Gasteiger partial charge is 0.494 e. The topological polar surface area (TPSA) is 84.8 Å². The zero-order valence-corrected chi connectivity index (χ0v) is 18.3. The molecule has 154 valence electrons. The first-order valence-electron chi connectivity index (χ1n) is 9.59. The fraction of sp³-hybridized carbons (Fsp3) is 0.238. The molecule has 30 heavy (non-hydrogen) atoms. The number of nitrogens with one attached hydrogen (secondary N) is 2. The molecule has 0 aliphatic carbocycles. The second-order valence-corrected chi connectivity index (χ2v) is 8.17. The smallest absolute Gasteiger partial charge is 0.227 e. The molecule has 2 aromatic carbocycles. The summed E-state index contributed by atoms with van der Waals surface area (Å²) >= 11 is 6.83. The molecule has 7 nitrogen and oxygen atoms in total. The second-order valence-electron chi connectivity index (χ2n) is 6.75. The van der Waals surface area contributed by atoms with Crippen LogP contribution < -0.4 is 10.1 Å². The second kappa shape index (κ2) is 8.76. The van der Waals surface area contributed by atoms with Crippen LogP contribution in [0.1, 0.15) is 18.9 Å². The molecule has 0 aliphatic rings. The number of rotatable bonds is 7. The summed E-state index contributed by atoms with van der Waals surface area (Å²) in [4.78, 5) is 17.0. The molecule has 1 amide bonds. The summed E-state index contributed by atoms with van der Waals surface area (Å²) in [5.41, 5.74) is 2.95. The molecule has 0 atom stereocenters. The Kier molecular flexibility index (Phi) is 5.91. The van der Waals surface area contributed by atoms with Crippen molar-refractivity contribution in [3.63, 3.8) is 0 Å². The quantitative estimate of drug-likeness (QED) is 0.398. The molecule has 0 aliphatic heterocycles. The molecule has 2 heterocycles. The lowest BCUT2D eigenvalue weighted by Crippen LogP contribution is -2.15. The molecule has 0 saturated carbocycles. The number of hydrogen-bond donors (Lipinski definition) is 2. The van der Waals surface area contributed by atoms with E-state index in [4.69, 9.17) is 17.0 Å². The van der Waals surface area contributed by atoms with E-state index in [9.17, 15) is 4.79 Å². The van der Waals surface area contributed by atoms with Crippen molar-refractivity contribution in [2.45, 2.75) is 26.8 Å². The Morgan fingerprint density at radius 1 is 1.27 bits per heavy atom. The highest BCUT2D eigenvalue weighted by Gasteiger charge is 2.12. The maximum Gasteiger partial charge on any atom is 0.227 e. The third-order valence-corrected chi connectivity index (χ3v) is 5.78. The fourth-order valence-corrected chi connectivity index (χ4v) is 4.30. The van der Waals surface area contributed by atoms with Crippen LogP contribution in [0, 0.1) is 11.7 Å². The van der Waals surface area contributed by atoms with Crippen LogP contribution in [0.25, 0.3) is 21.6 Å². The molecule has 4 rings (SSSR count). The number of H-pyrrole nitrogens is 1. The van der Waals surface area contributed by atoms with E-state index in [0.29, 0.717) is 28.9 Å². The minimum atomic E-state index is -0.119. The number of amides is 1. The molecule has 9 heteroatoms. The van der Waals surface area contributed by atoms with E-state index in [2.05, 4.69) is 26.6 Å². The standard InChI is InChI=1S/C21H21N5O2S2/c1-3-28-15-7-5-14(6-8-15)19-24-25-21(29)26(19)11-10-18(27)23-20-22-16-9-4-13(2)12-17(16)30-20/h4-9,12H,3,10-11H2,1-2H3,(H,25,29)(H,22,23,27). The minimum absolute atomic E-state index is 0.119. The molecule has 0 radical (unpaired) electrons. The Morgan fingerprint density at radius 3 is 2.83 bits per heavy atom. The number of nitrogens with zero attached hydrogens (tertiary/aromatic N) is 3. The van der Waals surface area contributed by atoms with E-state index in [1.165, 1.54) is 16.9 Å². The average Bonchev–Trinajstić information content (AvgIpc) is 3.29. The van der Waals surface area contributed by atoms with Crippen molar-refractivity contribution < 1.29 is 9.53 Å². The minimum Gasteiger partial charge on any atom is -0.494 e. The van der Waals surface area contributed by atoms with Gasteiger partial charge in [0.25, 0.3) is 0 Å². The normalized spacial score (nSPS) is 11.0. The van der Waals surface area contributed by atoms with E-state index >= 15 is 0 Å². The summed E-state index contributed by atoms with van der Waals surface area (Å²) in [6.07, 6.45) is 0.257. The monoisotopic (exact) mass is 439 g/mol. The molecule has 2 aromatic heterocycles. The van der Waals surface area contributed by atoms with Crippen LogP contribution in [0.3, 0.4) is 0 Å². The van der Waals surface area contributed by atoms with Gasteiger partial charge in [0, 0.05) is 18.5 Å². The van der Waals surface area contributed by atoms with Gasteiger partial charge in [-0.25, -0.2) is 4.98 Å². The zero-order chi connectivity index (χ0) is 21.1. The van der Waals surface area contributed by atoms with Crippen LogP contribution in [-0.4, -0.2) is 32.3 Å². The summed E-state index contributed by atoms with van der Waals surface area (Å²) in [5.74, 6) is 1.37. The van der Waals surface area contributed by atoms with Gasteiger partial charge in [-0.3, -0.25) is 14.5 Å². The first-order valence-corrected chi connectivity index (χ1v) is 10.8. The van der Waals surface area contributed by atoms with E-state index in [0.717, 1.165) is 21.5 Å². The van der Waals surface area contributed by atoms with Crippen LogP contribution in [0.2, 0.25) is 0 Å². The molecule has 0 unspecified atom stereocenters. The van der Waals surface area contributed by atoms with Gasteiger partial charge in [-0.2, -0.15) is 5.10 Å². The van der Waals surface area contributed by atoms with Gasteiger partial charge in [-0.05, 0) is 68.0 Å². The number of hydrogen-bond acceptors (Lipinski definition) is 6. The number of aromatic amines is 1. The molecular formula is C21H21N5O2S2. The third kappa shape index (κ3) is 4.42. The van der Waals surface area contributed by atoms with Gasteiger partial charge < -0.3 is 10.1 Å². The number of carbonyl (C=O) groups is 1. The predicted octanol–water partition coefficient (Wildman–Crippen LogP) is 4.95. The summed E-state index contributed by atoms with van der Waals surface area (Å²) in [7, 11) is 0. The molecule has 0 spiro atoms. The van der Waals surface area contributed by atoms with Crippen LogP contribution >= 0.6 is 23.6 Å². The zero-order valence-electron chi connectivity index (χ0n) is 16.6. The fourth-order valence-electron chi connectivity index (χ4n) is 3.09. The Balaban J connectivity index is 1.44. The number of thiazole rings is 1. The summed E-state index contributed by atoms with van der Waals surface area (Å²) in [6, 6.07) is 13.7. The highest BCUT2D eigenvalue weighted by molar-refractivity contribution is 7.71. The van der Waals surface area contributed by atoms with E-state index in [-0.39, 0.29) is 12.3 Å². The van der Waals surface area contributed by atoms with E-state index < -0.39 is 0 Å². The lowest BCUT2D eigenvalue weighted by atomic mass is 10.2. The molecule has 0 saturated heterocycles. The first-order chi connectivity index (χ1) is 14.5. The summed E-state index contributed by atoms with van der Waals surface area (Å²) in [5, 5.41) is 10.6. The van der Waals surface area contributed by atoms with Crippen molar-refractivity contribution in [1.82, 2.24) is 19.7 Å². The Morgan fingerprint density at radius 2 is 2.07 bits per heavy atom. The van der Waals surface area contributed by atoms with Crippen LogP contribution in [-0.2, 0) is 11.3 Å². The number of benzene rings is 2. The molecule has 2 N–H and O–H groups in total. The van der Waals surface area contributed by atoms with Gasteiger partial charge in [-0.1, -0.05) is 17.4 Å². The van der Waals surface area contributed by atoms with Gasteiger partial charge in [0.05, 0.1) is 16.8 Å². The number of aromatic nitrogens is 4. The average molecular weight is 440 g/mol. The van der Waals surface area contributed by atoms with Crippen LogP contribution in [0.15, 0.2) is 42.5 Å². The van der Waals surface area contributed by atoms with E-state index in [1.54, 1.807) is 0 Å². The number of ether oxygens (including phenoxy) is 1. The van der Waals surface area contributed by atoms with Crippen molar-refractivity contribution in [2.24, 2.45) is 0 Å². The van der Waals surface area contributed by atoms with Crippen molar-refractivity contribution >= 4 is 44.8 Å². The van der Waals surface area contributed by atoms with E-state index in [1.807, 2.05) is 54.8 Å². The maximum atomic E-state index is 12.5. The van der Waals surface area contributed by atoms with Gasteiger partial charge >= 0.3 is 0 Å². The highest BCUT2D eigenvalue weighted by atomic mass is 32.1. The van der Waals surface area contributed by atoms with Crippen molar-refractivity contribution in [3.8, 4) is 17.1 Å².